The number of nitrogens with two attached hydrogens (primary N) is 1. The summed E-state index contributed by atoms with van der Waals surface area (Å²) in [7, 11) is 0. The zero-order valence-electron chi connectivity index (χ0n) is 13.0. The summed E-state index contributed by atoms with van der Waals surface area (Å²) < 4.78 is 5.59. The van der Waals surface area contributed by atoms with E-state index in [0.29, 0.717) is 5.92 Å². The van der Waals surface area contributed by atoms with E-state index in [-0.39, 0.29) is 17.9 Å². The monoisotopic (exact) mass is 290 g/mol. The Hall–Kier alpha value is -1.55. The van der Waals surface area contributed by atoms with Gasteiger partial charge in [-0.1, -0.05) is 0 Å². The molecule has 2 rings (SSSR count). The van der Waals surface area contributed by atoms with Gasteiger partial charge in [0.05, 0.1) is 6.10 Å². The van der Waals surface area contributed by atoms with Crippen LogP contribution in [0.2, 0.25) is 0 Å². The Morgan fingerprint density at radius 2 is 1.86 bits per heavy atom. The first-order valence-corrected chi connectivity index (χ1v) is 7.86. The van der Waals surface area contributed by atoms with Crippen LogP contribution in [0.15, 0.2) is 24.3 Å². The lowest BCUT2D eigenvalue weighted by atomic mass is 9.81. The molecule has 21 heavy (non-hydrogen) atoms. The van der Waals surface area contributed by atoms with Crippen LogP contribution in [-0.2, 0) is 4.79 Å². The molecule has 4 heteroatoms. The summed E-state index contributed by atoms with van der Waals surface area (Å²) in [6, 6.07) is 7.56. The highest BCUT2D eigenvalue weighted by atomic mass is 16.5. The number of benzene rings is 1. The molecule has 0 radical (unpaired) electrons. The van der Waals surface area contributed by atoms with E-state index in [1.807, 2.05) is 38.1 Å². The second-order valence-electron chi connectivity index (χ2n) is 6.13. The van der Waals surface area contributed by atoms with Gasteiger partial charge < -0.3 is 15.8 Å². The fourth-order valence-corrected chi connectivity index (χ4v) is 2.79. The first-order valence-electron chi connectivity index (χ1n) is 7.86. The van der Waals surface area contributed by atoms with Crippen LogP contribution >= 0.6 is 0 Å². The normalized spacial score (nSPS) is 22.1. The van der Waals surface area contributed by atoms with Crippen molar-refractivity contribution in [1.29, 1.82) is 0 Å². The van der Waals surface area contributed by atoms with Crippen LogP contribution in [0.4, 0.5) is 5.69 Å². The third-order valence-electron chi connectivity index (χ3n) is 4.04. The number of nitrogens with one attached hydrogen (secondary N) is 1. The van der Waals surface area contributed by atoms with Crippen molar-refractivity contribution < 1.29 is 9.53 Å². The van der Waals surface area contributed by atoms with Gasteiger partial charge in [0.25, 0.3) is 0 Å². The third-order valence-corrected chi connectivity index (χ3v) is 4.04. The van der Waals surface area contributed by atoms with Gasteiger partial charge in [0.15, 0.2) is 0 Å². The van der Waals surface area contributed by atoms with Gasteiger partial charge >= 0.3 is 0 Å². The molecule has 1 fully saturated rings. The highest BCUT2D eigenvalue weighted by Gasteiger charge is 2.25. The summed E-state index contributed by atoms with van der Waals surface area (Å²) in [5.41, 5.74) is 6.52. The lowest BCUT2D eigenvalue weighted by molar-refractivity contribution is -0.121. The van der Waals surface area contributed by atoms with Crippen LogP contribution in [0, 0.1) is 11.8 Å². The minimum Gasteiger partial charge on any atom is -0.491 e. The summed E-state index contributed by atoms with van der Waals surface area (Å²) in [5.74, 6) is 1.68. The van der Waals surface area contributed by atoms with E-state index in [1.54, 1.807) is 0 Å². The molecule has 1 aromatic rings. The van der Waals surface area contributed by atoms with E-state index in [2.05, 4.69) is 5.32 Å². The zero-order valence-corrected chi connectivity index (χ0v) is 13.0. The first kappa shape index (κ1) is 15.8. The highest BCUT2D eigenvalue weighted by Crippen LogP contribution is 2.29. The van der Waals surface area contributed by atoms with Crippen LogP contribution in [-0.4, -0.2) is 18.6 Å². The van der Waals surface area contributed by atoms with E-state index in [9.17, 15) is 4.79 Å². The van der Waals surface area contributed by atoms with Gasteiger partial charge in [-0.25, -0.2) is 0 Å². The highest BCUT2D eigenvalue weighted by molar-refractivity contribution is 5.92. The number of carbonyl (C=O) groups is 1. The Kier molecular flexibility index (Phi) is 5.62. The van der Waals surface area contributed by atoms with Gasteiger partial charge in [-0.05, 0) is 76.3 Å². The predicted octanol–water partition coefficient (Wildman–Crippen LogP) is 3.18. The third kappa shape index (κ3) is 4.74. The lowest BCUT2D eigenvalue weighted by Crippen LogP contribution is -2.29. The molecular weight excluding hydrogens is 264 g/mol. The molecule has 0 aromatic heterocycles. The summed E-state index contributed by atoms with van der Waals surface area (Å²) in [5, 5.41) is 3.00. The molecule has 4 nitrogen and oxygen atoms in total. The molecule has 1 saturated carbocycles. The van der Waals surface area contributed by atoms with Crippen LogP contribution in [0.1, 0.15) is 39.5 Å². The van der Waals surface area contributed by atoms with Crippen molar-refractivity contribution in [3.05, 3.63) is 24.3 Å². The number of hydrogen-bond donors (Lipinski definition) is 2. The smallest absolute Gasteiger partial charge is 0.227 e. The van der Waals surface area contributed by atoms with Crippen LogP contribution in [0.3, 0.4) is 0 Å². The maximum Gasteiger partial charge on any atom is 0.227 e. The average Bonchev–Trinajstić information content (AvgIpc) is 2.49. The Morgan fingerprint density at radius 1 is 1.24 bits per heavy atom. The quantitative estimate of drug-likeness (QED) is 0.875. The van der Waals surface area contributed by atoms with Crippen molar-refractivity contribution in [3.8, 4) is 5.75 Å². The predicted molar refractivity (Wildman–Crippen MR) is 85.3 cm³/mol. The molecule has 0 aliphatic heterocycles. The molecule has 1 aromatic carbocycles. The van der Waals surface area contributed by atoms with Crippen LogP contribution in [0.5, 0.6) is 5.75 Å². The maximum atomic E-state index is 12.3. The summed E-state index contributed by atoms with van der Waals surface area (Å²) in [6.45, 7) is 4.73. The fourth-order valence-electron chi connectivity index (χ4n) is 2.79. The maximum absolute atomic E-state index is 12.3. The number of ether oxygens (including phenoxy) is 1. The first-order chi connectivity index (χ1) is 10.1. The topological polar surface area (TPSA) is 64.3 Å². The fraction of sp³-hybridized carbons (Fsp3) is 0.588. The Labute approximate surface area is 127 Å². The summed E-state index contributed by atoms with van der Waals surface area (Å²) in [6.07, 6.45) is 4.18. The van der Waals surface area contributed by atoms with E-state index in [1.165, 1.54) is 0 Å². The van der Waals surface area contributed by atoms with E-state index >= 15 is 0 Å². The van der Waals surface area contributed by atoms with Gasteiger partial charge in [-0.2, -0.15) is 0 Å². The molecular formula is C17H26N2O2. The molecule has 0 atom stereocenters. The number of anilines is 1. The second-order valence-corrected chi connectivity index (χ2v) is 6.13. The molecule has 116 valence electrons. The van der Waals surface area contributed by atoms with Gasteiger partial charge in [-0.3, -0.25) is 4.79 Å². The number of rotatable bonds is 5. The molecule has 3 N–H and O–H groups in total. The van der Waals surface area contributed by atoms with Crippen LogP contribution in [0.25, 0.3) is 0 Å². The van der Waals surface area contributed by atoms with Gasteiger partial charge in [-0.15, -0.1) is 0 Å². The summed E-state index contributed by atoms with van der Waals surface area (Å²) in [4.78, 5) is 12.3. The Morgan fingerprint density at radius 3 is 2.38 bits per heavy atom. The molecule has 0 saturated heterocycles. The molecule has 1 amide bonds. The zero-order chi connectivity index (χ0) is 15.2. The van der Waals surface area contributed by atoms with E-state index < -0.39 is 0 Å². The van der Waals surface area contributed by atoms with Crippen LogP contribution < -0.4 is 15.8 Å². The van der Waals surface area contributed by atoms with Crippen molar-refractivity contribution in [2.45, 2.75) is 45.6 Å². The molecule has 0 heterocycles. The van der Waals surface area contributed by atoms with Crippen molar-refractivity contribution in [1.82, 2.24) is 0 Å². The van der Waals surface area contributed by atoms with Crippen molar-refractivity contribution in [2.75, 3.05) is 11.9 Å². The lowest BCUT2D eigenvalue weighted by Gasteiger charge is -2.26. The minimum atomic E-state index is 0.124. The van der Waals surface area contributed by atoms with E-state index in [0.717, 1.165) is 43.7 Å². The van der Waals surface area contributed by atoms with Gasteiger partial charge in [0.2, 0.25) is 5.91 Å². The standard InChI is InChI=1S/C17H26N2O2/c1-12(2)21-16-9-7-15(8-10-16)19-17(20)14-5-3-13(11-18)4-6-14/h7-10,12-14H,3-6,11,18H2,1-2H3,(H,19,20). The number of hydrogen-bond acceptors (Lipinski definition) is 3. The Balaban J connectivity index is 1.85. The largest absolute Gasteiger partial charge is 0.491 e. The van der Waals surface area contributed by atoms with Gasteiger partial charge in [0.1, 0.15) is 5.75 Å². The summed E-state index contributed by atoms with van der Waals surface area (Å²) >= 11 is 0. The molecule has 1 aliphatic carbocycles. The molecule has 1 aliphatic rings. The SMILES string of the molecule is CC(C)Oc1ccc(NC(=O)C2CCC(CN)CC2)cc1. The van der Waals surface area contributed by atoms with E-state index in [4.69, 9.17) is 10.5 Å². The second kappa shape index (κ2) is 7.46. The van der Waals surface area contributed by atoms with Gasteiger partial charge in [0, 0.05) is 11.6 Å². The molecule has 0 unspecified atom stereocenters. The minimum absolute atomic E-state index is 0.124. The average molecular weight is 290 g/mol. The van der Waals surface area contributed by atoms with Crippen molar-refractivity contribution >= 4 is 11.6 Å². The number of amides is 1. The molecule has 0 bridgehead atoms. The van der Waals surface area contributed by atoms with Crippen molar-refractivity contribution in [2.24, 2.45) is 17.6 Å². The van der Waals surface area contributed by atoms with Crippen molar-refractivity contribution in [3.63, 3.8) is 0 Å². The number of carbonyl (C=O) groups excluding carboxylic acids is 1. The molecule has 0 spiro atoms. The Bertz CT molecular complexity index is 448.